The van der Waals surface area contributed by atoms with Crippen LogP contribution in [0.15, 0.2) is 11.0 Å². The number of nitrogens with zero attached hydrogens (tertiary/aromatic N) is 1. The van der Waals surface area contributed by atoms with Gasteiger partial charge in [-0.25, -0.2) is 8.42 Å². The largest absolute Gasteiger partial charge is 0.336 e. The summed E-state index contributed by atoms with van der Waals surface area (Å²) in [4.78, 5) is 15.1. The third kappa shape index (κ3) is 3.70. The smallest absolute Gasteiger partial charge is 0.264 e. The molecule has 19 heavy (non-hydrogen) atoms. The predicted octanol–water partition coefficient (Wildman–Crippen LogP) is 3.24. The van der Waals surface area contributed by atoms with Crippen LogP contribution in [0.25, 0.3) is 0 Å². The summed E-state index contributed by atoms with van der Waals surface area (Å²) in [7, 11) is 1.55. The van der Waals surface area contributed by atoms with E-state index in [2.05, 4.69) is 0 Å². The van der Waals surface area contributed by atoms with Crippen molar-refractivity contribution in [3.8, 4) is 0 Å². The van der Waals surface area contributed by atoms with Gasteiger partial charge in [0.1, 0.15) is 0 Å². The molecular weight excluding hydrogens is 306 g/mol. The van der Waals surface area contributed by atoms with Gasteiger partial charge in [-0.15, -0.1) is 11.3 Å². The minimum absolute atomic E-state index is 0.0303. The quantitative estimate of drug-likeness (QED) is 0.782. The molecule has 108 valence electrons. The number of carbonyl (C=O) groups is 1. The lowest BCUT2D eigenvalue weighted by Gasteiger charge is -2.26. The van der Waals surface area contributed by atoms with E-state index in [0.717, 1.165) is 6.42 Å². The molecular formula is C12H18ClNO3S2. The third-order valence-corrected chi connectivity index (χ3v) is 5.69. The van der Waals surface area contributed by atoms with Crippen LogP contribution in [-0.4, -0.2) is 31.8 Å². The highest BCUT2D eigenvalue weighted by molar-refractivity contribution is 8.13. The number of halogens is 1. The molecule has 1 atom stereocenters. The lowest BCUT2D eigenvalue weighted by molar-refractivity contribution is 0.0705. The lowest BCUT2D eigenvalue weighted by Crippen LogP contribution is -2.37. The maximum atomic E-state index is 12.4. The van der Waals surface area contributed by atoms with Crippen molar-refractivity contribution in [1.29, 1.82) is 0 Å². The zero-order valence-electron chi connectivity index (χ0n) is 11.4. The number of thiophene rings is 1. The average molecular weight is 324 g/mol. The van der Waals surface area contributed by atoms with Crippen molar-refractivity contribution in [2.24, 2.45) is 0 Å². The maximum Gasteiger partial charge on any atom is 0.264 e. The van der Waals surface area contributed by atoms with Gasteiger partial charge in [0.15, 0.2) is 0 Å². The molecule has 1 amide bonds. The van der Waals surface area contributed by atoms with Crippen LogP contribution in [0.3, 0.4) is 0 Å². The molecule has 0 fully saturated rings. The first-order valence-electron chi connectivity index (χ1n) is 6.08. The Morgan fingerprint density at radius 1 is 1.47 bits per heavy atom. The van der Waals surface area contributed by atoms with Crippen molar-refractivity contribution in [3.63, 3.8) is 0 Å². The molecule has 0 radical (unpaired) electrons. The molecule has 0 spiro atoms. The van der Waals surface area contributed by atoms with Crippen LogP contribution in [0.2, 0.25) is 0 Å². The van der Waals surface area contributed by atoms with Crippen LogP contribution in [0, 0.1) is 6.92 Å². The number of amides is 1. The van der Waals surface area contributed by atoms with E-state index in [4.69, 9.17) is 10.7 Å². The van der Waals surface area contributed by atoms with Crippen LogP contribution < -0.4 is 0 Å². The van der Waals surface area contributed by atoms with Gasteiger partial charge in [0.2, 0.25) is 0 Å². The Kier molecular flexibility index (Phi) is 5.41. The normalized spacial score (nSPS) is 13.3. The monoisotopic (exact) mass is 323 g/mol. The fourth-order valence-electron chi connectivity index (χ4n) is 1.83. The first-order valence-corrected chi connectivity index (χ1v) is 9.21. The van der Waals surface area contributed by atoms with Crippen LogP contribution in [-0.2, 0) is 9.05 Å². The van der Waals surface area contributed by atoms with E-state index in [1.54, 1.807) is 11.8 Å². The van der Waals surface area contributed by atoms with Gasteiger partial charge in [0.05, 0.1) is 9.77 Å². The lowest BCUT2D eigenvalue weighted by atomic mass is 10.2. The second-order valence-corrected chi connectivity index (χ2v) is 8.11. The van der Waals surface area contributed by atoms with E-state index in [-0.39, 0.29) is 16.8 Å². The van der Waals surface area contributed by atoms with E-state index in [1.165, 1.54) is 17.4 Å². The second-order valence-electron chi connectivity index (χ2n) is 4.32. The van der Waals surface area contributed by atoms with Gasteiger partial charge in [-0.1, -0.05) is 6.92 Å². The molecule has 0 saturated carbocycles. The highest BCUT2D eigenvalue weighted by atomic mass is 35.7. The molecule has 0 aliphatic heterocycles. The predicted molar refractivity (Wildman–Crippen MR) is 78.6 cm³/mol. The van der Waals surface area contributed by atoms with Crippen LogP contribution in [0.5, 0.6) is 0 Å². The standard InChI is InChI=1S/C12H18ClNO3S2/c1-5-8(3)14(6-2)12(15)10-7-11(9(4)18-10)19(13,16)17/h7-8H,5-6H2,1-4H3. The van der Waals surface area contributed by atoms with Crippen molar-refractivity contribution in [1.82, 2.24) is 4.90 Å². The van der Waals surface area contributed by atoms with E-state index < -0.39 is 9.05 Å². The summed E-state index contributed by atoms with van der Waals surface area (Å²) in [5.41, 5.74) is 0. The number of aryl methyl sites for hydroxylation is 1. The molecule has 0 saturated heterocycles. The van der Waals surface area contributed by atoms with E-state index in [0.29, 0.717) is 16.3 Å². The summed E-state index contributed by atoms with van der Waals surface area (Å²) in [5.74, 6) is -0.142. The van der Waals surface area contributed by atoms with Gasteiger partial charge in [0, 0.05) is 28.1 Å². The number of rotatable bonds is 5. The summed E-state index contributed by atoms with van der Waals surface area (Å²) in [6.45, 7) is 8.13. The molecule has 1 aromatic rings. The summed E-state index contributed by atoms with van der Waals surface area (Å²) in [5, 5.41) is 0. The molecule has 1 rings (SSSR count). The van der Waals surface area contributed by atoms with Crippen molar-refractivity contribution in [2.75, 3.05) is 6.54 Å². The van der Waals surface area contributed by atoms with Crippen molar-refractivity contribution in [3.05, 3.63) is 15.8 Å². The second kappa shape index (κ2) is 6.24. The Morgan fingerprint density at radius 3 is 2.42 bits per heavy atom. The molecule has 0 N–H and O–H groups in total. The minimum Gasteiger partial charge on any atom is -0.336 e. The number of hydrogen-bond acceptors (Lipinski definition) is 4. The fraction of sp³-hybridized carbons (Fsp3) is 0.583. The molecule has 0 aliphatic rings. The Hall–Kier alpha value is -0.590. The van der Waals surface area contributed by atoms with Crippen LogP contribution in [0.1, 0.15) is 41.7 Å². The summed E-state index contributed by atoms with van der Waals surface area (Å²) < 4.78 is 22.7. The Labute approximate surface area is 122 Å². The fourth-order valence-corrected chi connectivity index (χ4v) is 4.45. The summed E-state index contributed by atoms with van der Waals surface area (Å²) in [6, 6.07) is 1.49. The van der Waals surface area contributed by atoms with Gasteiger partial charge < -0.3 is 4.90 Å². The molecule has 1 unspecified atom stereocenters. The average Bonchev–Trinajstić information content (AvgIpc) is 2.71. The van der Waals surface area contributed by atoms with Crippen molar-refractivity contribution >= 4 is 37.0 Å². The van der Waals surface area contributed by atoms with Gasteiger partial charge >= 0.3 is 0 Å². The molecule has 0 aromatic carbocycles. The van der Waals surface area contributed by atoms with Gasteiger partial charge in [-0.2, -0.15) is 0 Å². The molecule has 7 heteroatoms. The number of carbonyl (C=O) groups excluding carboxylic acids is 1. The molecule has 1 aromatic heterocycles. The van der Waals surface area contributed by atoms with Gasteiger partial charge in [0.25, 0.3) is 15.0 Å². The summed E-state index contributed by atoms with van der Waals surface area (Å²) in [6.07, 6.45) is 0.852. The highest BCUT2D eigenvalue weighted by Crippen LogP contribution is 2.29. The Morgan fingerprint density at radius 2 is 2.05 bits per heavy atom. The zero-order valence-corrected chi connectivity index (χ0v) is 13.8. The SMILES string of the molecule is CCC(C)N(CC)C(=O)c1cc(S(=O)(=O)Cl)c(C)s1. The maximum absolute atomic E-state index is 12.4. The topological polar surface area (TPSA) is 54.5 Å². The highest BCUT2D eigenvalue weighted by Gasteiger charge is 2.24. The Balaban J connectivity index is 3.14. The van der Waals surface area contributed by atoms with E-state index in [9.17, 15) is 13.2 Å². The molecule has 0 aliphatic carbocycles. The third-order valence-electron chi connectivity index (χ3n) is 3.07. The molecule has 0 bridgehead atoms. The first kappa shape index (κ1) is 16.5. The van der Waals surface area contributed by atoms with Crippen LogP contribution in [0.4, 0.5) is 0 Å². The van der Waals surface area contributed by atoms with Gasteiger partial charge in [-0.3, -0.25) is 4.79 Å². The van der Waals surface area contributed by atoms with Gasteiger partial charge in [-0.05, 0) is 33.3 Å². The van der Waals surface area contributed by atoms with Crippen LogP contribution >= 0.6 is 22.0 Å². The van der Waals surface area contributed by atoms with Crippen molar-refractivity contribution in [2.45, 2.75) is 45.1 Å². The molecule has 4 nitrogen and oxygen atoms in total. The zero-order chi connectivity index (χ0) is 14.8. The first-order chi connectivity index (χ1) is 8.72. The summed E-state index contributed by atoms with van der Waals surface area (Å²) >= 11 is 1.17. The van der Waals surface area contributed by atoms with E-state index in [1.807, 2.05) is 20.8 Å². The minimum atomic E-state index is -3.79. The Bertz CT molecular complexity index is 566. The van der Waals surface area contributed by atoms with E-state index >= 15 is 0 Å². The number of hydrogen-bond donors (Lipinski definition) is 0. The van der Waals surface area contributed by atoms with Crippen molar-refractivity contribution < 1.29 is 13.2 Å². The molecule has 1 heterocycles.